The van der Waals surface area contributed by atoms with Crippen LogP contribution >= 0.6 is 11.3 Å². The average Bonchev–Trinajstić information content (AvgIpc) is 2.68. The van der Waals surface area contributed by atoms with Gasteiger partial charge in [-0.05, 0) is 20.8 Å². The summed E-state index contributed by atoms with van der Waals surface area (Å²) in [6.45, 7) is 6.79. The molecule has 1 fully saturated rings. The fourth-order valence-corrected chi connectivity index (χ4v) is 3.75. The largest absolute Gasteiger partial charge is 0.323 e. The van der Waals surface area contributed by atoms with Crippen molar-refractivity contribution in [2.45, 2.75) is 25.5 Å². The van der Waals surface area contributed by atoms with Gasteiger partial charge in [0.15, 0.2) is 5.13 Å². The normalized spacial score (nSPS) is 22.8. The highest BCUT2D eigenvalue weighted by atomic mass is 32.2. The van der Waals surface area contributed by atoms with E-state index in [0.29, 0.717) is 24.0 Å². The maximum atomic E-state index is 12.1. The van der Waals surface area contributed by atoms with E-state index in [2.05, 4.69) is 10.3 Å². The third-order valence-electron chi connectivity index (χ3n) is 2.85. The van der Waals surface area contributed by atoms with Gasteiger partial charge < -0.3 is 4.90 Å². The molecule has 1 saturated heterocycles. The molecule has 0 aromatic carbocycles. The lowest BCUT2D eigenvalue weighted by Crippen LogP contribution is -2.53. The zero-order chi connectivity index (χ0) is 13.3. The highest BCUT2D eigenvalue weighted by Crippen LogP contribution is 2.21. The van der Waals surface area contributed by atoms with Crippen LogP contribution in [0.25, 0.3) is 0 Å². The van der Waals surface area contributed by atoms with Crippen LogP contribution in [0.1, 0.15) is 19.5 Å². The van der Waals surface area contributed by atoms with Gasteiger partial charge in [0.1, 0.15) is 0 Å². The van der Waals surface area contributed by atoms with Gasteiger partial charge in [-0.15, -0.1) is 11.3 Å². The molecule has 2 rings (SSSR count). The van der Waals surface area contributed by atoms with E-state index in [1.54, 1.807) is 4.90 Å². The molecule has 1 aromatic heterocycles. The first-order valence-electron chi connectivity index (χ1n) is 5.75. The fraction of sp³-hybridized carbons (Fsp3) is 0.636. The van der Waals surface area contributed by atoms with E-state index in [1.807, 2.05) is 26.2 Å². The minimum Gasteiger partial charge on any atom is -0.322 e. The Morgan fingerprint density at radius 1 is 1.61 bits per heavy atom. The second kappa shape index (κ2) is 4.97. The van der Waals surface area contributed by atoms with Gasteiger partial charge in [0.05, 0.1) is 10.4 Å². The Kier molecular flexibility index (Phi) is 3.72. The topological polar surface area (TPSA) is 62.3 Å². The lowest BCUT2D eigenvalue weighted by Gasteiger charge is -2.36. The number of aromatic nitrogens is 1. The van der Waals surface area contributed by atoms with Crippen LogP contribution in [0.2, 0.25) is 0 Å². The van der Waals surface area contributed by atoms with E-state index in [4.69, 9.17) is 0 Å². The van der Waals surface area contributed by atoms with Crippen LogP contribution in [0.5, 0.6) is 0 Å². The summed E-state index contributed by atoms with van der Waals surface area (Å²) >= 11 is 1.41. The number of carbonyl (C=O) groups is 1. The summed E-state index contributed by atoms with van der Waals surface area (Å²) in [4.78, 5) is 18.0. The molecule has 18 heavy (non-hydrogen) atoms. The number of urea groups is 1. The van der Waals surface area contributed by atoms with Gasteiger partial charge in [-0.2, -0.15) is 0 Å². The van der Waals surface area contributed by atoms with Crippen LogP contribution in [0.15, 0.2) is 5.38 Å². The standard InChI is InChI=1S/C11H17N3O2S2/c1-8-6-17-9(12-8)13-10(15)14-4-5-18(16)11(2,3)7-14/h6H,4-5,7H2,1-3H3,(H,12,13,15)/t18-/m0/s1. The van der Waals surface area contributed by atoms with E-state index in [0.717, 1.165) is 5.69 Å². The van der Waals surface area contributed by atoms with E-state index < -0.39 is 10.8 Å². The van der Waals surface area contributed by atoms with Crippen molar-refractivity contribution in [3.8, 4) is 0 Å². The number of nitrogens with zero attached hydrogens (tertiary/aromatic N) is 2. The second-order valence-corrected chi connectivity index (χ2v) is 8.02. The lowest BCUT2D eigenvalue weighted by atomic mass is 10.2. The van der Waals surface area contributed by atoms with Crippen molar-refractivity contribution < 1.29 is 9.00 Å². The van der Waals surface area contributed by atoms with Gasteiger partial charge in [0, 0.05) is 35.0 Å². The molecular formula is C11H17N3O2S2. The van der Waals surface area contributed by atoms with E-state index in [-0.39, 0.29) is 10.8 Å². The smallest absolute Gasteiger partial charge is 0.322 e. The minimum atomic E-state index is -0.865. The Bertz CT molecular complexity index is 484. The van der Waals surface area contributed by atoms with Gasteiger partial charge >= 0.3 is 6.03 Å². The minimum absolute atomic E-state index is 0.158. The first kappa shape index (κ1) is 13.5. The molecule has 1 aromatic rings. The lowest BCUT2D eigenvalue weighted by molar-refractivity contribution is 0.207. The number of hydrogen-bond acceptors (Lipinski definition) is 4. The number of thiazole rings is 1. The van der Waals surface area contributed by atoms with Crippen LogP contribution in [-0.4, -0.2) is 43.7 Å². The first-order chi connectivity index (χ1) is 8.38. The molecule has 1 aliphatic rings. The van der Waals surface area contributed by atoms with Gasteiger partial charge in [0.2, 0.25) is 0 Å². The predicted octanol–water partition coefficient (Wildman–Crippen LogP) is 1.83. The molecule has 0 spiro atoms. The quantitative estimate of drug-likeness (QED) is 0.857. The number of nitrogens with one attached hydrogen (secondary N) is 1. The van der Waals surface area contributed by atoms with Gasteiger partial charge in [-0.1, -0.05) is 0 Å². The Balaban J connectivity index is 2.00. The molecule has 2 heterocycles. The molecule has 2 amide bonds. The van der Waals surface area contributed by atoms with Crippen LogP contribution in [0, 0.1) is 6.92 Å². The van der Waals surface area contributed by atoms with Crippen molar-refractivity contribution in [3.63, 3.8) is 0 Å². The molecule has 0 bridgehead atoms. The number of amides is 2. The Morgan fingerprint density at radius 2 is 2.33 bits per heavy atom. The number of hydrogen-bond donors (Lipinski definition) is 1. The highest BCUT2D eigenvalue weighted by molar-refractivity contribution is 7.86. The fourth-order valence-electron chi connectivity index (χ4n) is 1.84. The summed E-state index contributed by atoms with van der Waals surface area (Å²) in [6, 6.07) is -0.158. The zero-order valence-corrected chi connectivity index (χ0v) is 12.4. The van der Waals surface area contributed by atoms with Crippen molar-refractivity contribution in [1.29, 1.82) is 0 Å². The third kappa shape index (κ3) is 2.89. The van der Waals surface area contributed by atoms with Crippen LogP contribution in [-0.2, 0) is 10.8 Å². The first-order valence-corrected chi connectivity index (χ1v) is 7.95. The Hall–Kier alpha value is -0.950. The number of carbonyl (C=O) groups excluding carboxylic acids is 1. The van der Waals surface area contributed by atoms with Gasteiger partial charge in [0.25, 0.3) is 0 Å². The maximum absolute atomic E-state index is 12.1. The molecule has 1 N–H and O–H groups in total. The highest BCUT2D eigenvalue weighted by Gasteiger charge is 2.35. The maximum Gasteiger partial charge on any atom is 0.323 e. The Labute approximate surface area is 113 Å². The Morgan fingerprint density at radius 3 is 2.89 bits per heavy atom. The molecule has 100 valence electrons. The summed E-state index contributed by atoms with van der Waals surface area (Å²) in [6.07, 6.45) is 0. The average molecular weight is 287 g/mol. The second-order valence-electron chi connectivity index (χ2n) is 4.96. The van der Waals surface area contributed by atoms with E-state index in [1.165, 1.54) is 11.3 Å². The zero-order valence-electron chi connectivity index (χ0n) is 10.7. The number of rotatable bonds is 1. The number of aryl methyl sites for hydroxylation is 1. The van der Waals surface area contributed by atoms with Crippen molar-refractivity contribution in [2.24, 2.45) is 0 Å². The van der Waals surface area contributed by atoms with Gasteiger partial charge in [-0.25, -0.2) is 9.78 Å². The van der Waals surface area contributed by atoms with Crippen molar-refractivity contribution in [2.75, 3.05) is 24.2 Å². The molecule has 0 unspecified atom stereocenters. The van der Waals surface area contributed by atoms with Gasteiger partial charge in [-0.3, -0.25) is 9.53 Å². The van der Waals surface area contributed by atoms with E-state index in [9.17, 15) is 9.00 Å². The summed E-state index contributed by atoms with van der Waals surface area (Å²) < 4.78 is 11.4. The third-order valence-corrected chi connectivity index (χ3v) is 5.65. The molecule has 0 radical (unpaired) electrons. The monoisotopic (exact) mass is 287 g/mol. The summed E-state index contributed by atoms with van der Waals surface area (Å²) in [5.74, 6) is 0.539. The van der Waals surface area contributed by atoms with E-state index >= 15 is 0 Å². The van der Waals surface area contributed by atoms with Crippen molar-refractivity contribution in [3.05, 3.63) is 11.1 Å². The summed E-state index contributed by atoms with van der Waals surface area (Å²) in [5, 5.41) is 5.29. The molecule has 7 heteroatoms. The van der Waals surface area contributed by atoms with Crippen molar-refractivity contribution in [1.82, 2.24) is 9.88 Å². The predicted molar refractivity (Wildman–Crippen MR) is 74.5 cm³/mol. The van der Waals surface area contributed by atoms with Crippen LogP contribution in [0.4, 0.5) is 9.93 Å². The molecule has 1 aliphatic heterocycles. The SMILES string of the molecule is Cc1csc(NC(=O)N2CC[S@](=O)C(C)(C)C2)n1. The molecule has 1 atom stereocenters. The summed E-state index contributed by atoms with van der Waals surface area (Å²) in [5.41, 5.74) is 0.898. The van der Waals surface area contributed by atoms with Crippen LogP contribution < -0.4 is 5.32 Å². The summed E-state index contributed by atoms with van der Waals surface area (Å²) in [7, 11) is -0.865. The van der Waals surface area contributed by atoms with Crippen molar-refractivity contribution >= 4 is 33.3 Å². The number of anilines is 1. The molecule has 0 aliphatic carbocycles. The molecular weight excluding hydrogens is 270 g/mol. The van der Waals surface area contributed by atoms with Crippen LogP contribution in [0.3, 0.4) is 0 Å². The molecule has 0 saturated carbocycles. The molecule has 5 nitrogen and oxygen atoms in total.